The number of carbonyl (C=O) groups excluding carboxylic acids is 8. The second-order valence-electron chi connectivity index (χ2n) is 23.3. The molecule has 1 aromatic heterocycles. The third kappa shape index (κ3) is 18.4. The molecule has 4 bridgehead atoms. The molecule has 0 radical (unpaired) electrons. The Morgan fingerprint density at radius 3 is 2.42 bits per heavy atom. The number of unbranched alkanes of at least 4 members (excludes halogenated alkanes) is 2. The first-order valence-corrected chi connectivity index (χ1v) is 31.6. The summed E-state index contributed by atoms with van der Waals surface area (Å²) in [4.78, 5) is 114. The zero-order valence-electron chi connectivity index (χ0n) is 49.7. The van der Waals surface area contributed by atoms with Crippen LogP contribution in [0.4, 0.5) is 21.0 Å². The van der Waals surface area contributed by atoms with Crippen LogP contribution in [0.25, 0.3) is 10.9 Å². The second kappa shape index (κ2) is 31.2. The molecular weight excluding hydrogens is 1250 g/mol. The van der Waals surface area contributed by atoms with E-state index >= 15 is 0 Å². The lowest BCUT2D eigenvalue weighted by Gasteiger charge is -2.41. The van der Waals surface area contributed by atoms with Crippen molar-refractivity contribution < 1.29 is 62.4 Å². The van der Waals surface area contributed by atoms with E-state index in [1.807, 2.05) is 52.8 Å². The number of alkyl halides is 2. The van der Waals surface area contributed by atoms with Gasteiger partial charge in [0.2, 0.25) is 17.7 Å². The standard InChI is InChI=1S/C62H82Br2ClN7O13/c1-35(2)44(29-42(73)16-10-9-11-22-68-57(77)41(33-63)34-64)58(78)70-46(18-14-24-69-59(66)79)48(74)28-40-20-21-45(43-17-13-23-67-55(40)43)71-60(80)84-51-30-52(75)72(7)47-27-39(26-37(4)54(47)65)25-36(3)15-12-19-50(82-8)62(81)31-49(83-53(76)32-62)38(5)56-61(51,6)85-56/h12-13,15,17,19-21,23,26-27,35,38,41,44,46,49-51,56,81H,9-11,14,16,18,22,24-25,28-34H2,1-8H3,(H,68,77)(H,70,78)(H,71,80)(H3,66,69,79)/b19-12+,36-15+/t38-,44+,46+,49+,50-,51+,56+,61+,62-/m1/s1. The third-order valence-electron chi connectivity index (χ3n) is 16.3. The summed E-state index contributed by atoms with van der Waals surface area (Å²) in [6.07, 6.45) is 4.63. The van der Waals surface area contributed by atoms with Crippen molar-refractivity contribution in [1.29, 1.82) is 0 Å². The maximum Gasteiger partial charge on any atom is 0.412 e. The number of ether oxygens (including phenoxy) is 4. The summed E-state index contributed by atoms with van der Waals surface area (Å²) in [6.45, 7) is 11.6. The van der Waals surface area contributed by atoms with E-state index in [4.69, 9.17) is 36.3 Å². The van der Waals surface area contributed by atoms with E-state index in [-0.39, 0.29) is 92.9 Å². The number of aromatic nitrogens is 1. The van der Waals surface area contributed by atoms with Crippen molar-refractivity contribution in [2.24, 2.45) is 29.4 Å². The van der Waals surface area contributed by atoms with E-state index in [0.29, 0.717) is 70.1 Å². The number of aryl methyl sites for hydroxylation is 1. The van der Waals surface area contributed by atoms with Crippen LogP contribution in [0, 0.1) is 30.6 Å². The number of rotatable bonds is 24. The number of amides is 6. The highest BCUT2D eigenvalue weighted by molar-refractivity contribution is 9.09. The first-order valence-electron chi connectivity index (χ1n) is 29.0. The number of pyridine rings is 1. The molecule has 23 heteroatoms. The number of nitrogens with one attached hydrogen (secondary N) is 4. The molecule has 20 nitrogen and oxygen atoms in total. The molecule has 3 aliphatic heterocycles. The number of carbonyl (C=O) groups is 8. The Morgan fingerprint density at radius 2 is 1.73 bits per heavy atom. The van der Waals surface area contributed by atoms with Gasteiger partial charge in [-0.3, -0.25) is 39.1 Å². The summed E-state index contributed by atoms with van der Waals surface area (Å²) in [5.74, 6) is -3.74. The quantitative estimate of drug-likeness (QED) is 0.0212. The monoisotopic (exact) mass is 1330 g/mol. The number of nitrogens with zero attached hydrogens (tertiary/aromatic N) is 2. The van der Waals surface area contributed by atoms with Crippen LogP contribution in [0.5, 0.6) is 0 Å². The minimum absolute atomic E-state index is 0.00919. The number of fused-ring (bicyclic) bond motifs is 6. The first kappa shape index (κ1) is 68.3. The lowest BCUT2D eigenvalue weighted by Crippen LogP contribution is -2.53. The Kier molecular flexibility index (Phi) is 25.1. The number of hydrogen-bond donors (Lipinski definition) is 6. The molecule has 464 valence electrons. The number of aliphatic hydroxyl groups is 1. The van der Waals surface area contributed by atoms with Crippen molar-refractivity contribution in [3.63, 3.8) is 0 Å². The first-order chi connectivity index (χ1) is 40.3. The number of hydrogen-bond acceptors (Lipinski definition) is 14. The van der Waals surface area contributed by atoms with E-state index in [9.17, 15) is 43.5 Å². The number of methoxy groups -OCH3 is 1. The van der Waals surface area contributed by atoms with E-state index in [2.05, 4.69) is 58.1 Å². The molecule has 2 saturated heterocycles. The van der Waals surface area contributed by atoms with Gasteiger partial charge in [0.25, 0.3) is 0 Å². The number of urea groups is 1. The lowest BCUT2D eigenvalue weighted by atomic mass is 9.78. The van der Waals surface area contributed by atoms with Gasteiger partial charge >= 0.3 is 18.1 Å². The number of epoxide rings is 1. The van der Waals surface area contributed by atoms with Crippen molar-refractivity contribution in [2.45, 2.75) is 160 Å². The zero-order chi connectivity index (χ0) is 62.3. The summed E-state index contributed by atoms with van der Waals surface area (Å²) < 4.78 is 24.3. The lowest BCUT2D eigenvalue weighted by molar-refractivity contribution is -0.187. The van der Waals surface area contributed by atoms with E-state index in [1.165, 1.54) is 18.2 Å². The topological polar surface area (TPSA) is 287 Å². The molecule has 3 aliphatic rings. The van der Waals surface area contributed by atoms with Crippen LogP contribution in [0.2, 0.25) is 5.02 Å². The van der Waals surface area contributed by atoms with Gasteiger partial charge in [-0.2, -0.15) is 0 Å². The minimum atomic E-state index is -1.63. The van der Waals surface area contributed by atoms with Gasteiger partial charge in [-0.15, -0.1) is 0 Å². The van der Waals surface area contributed by atoms with E-state index < -0.39 is 83.4 Å². The van der Waals surface area contributed by atoms with Crippen molar-refractivity contribution in [3.05, 3.63) is 88.1 Å². The number of halogens is 3. The van der Waals surface area contributed by atoms with Gasteiger partial charge in [0.1, 0.15) is 35.3 Å². The molecule has 6 rings (SSSR count). The molecule has 3 aromatic rings. The minimum Gasteiger partial charge on any atom is -0.462 e. The van der Waals surface area contributed by atoms with Gasteiger partial charge < -0.3 is 50.6 Å². The molecule has 9 atom stereocenters. The van der Waals surface area contributed by atoms with Crippen molar-refractivity contribution in [1.82, 2.24) is 20.9 Å². The number of primary amides is 1. The van der Waals surface area contributed by atoms with Gasteiger partial charge in [0.15, 0.2) is 5.78 Å². The molecule has 4 heterocycles. The van der Waals surface area contributed by atoms with Gasteiger partial charge in [0.05, 0.1) is 52.8 Å². The number of nitrogens with two attached hydrogens (primary N) is 1. The zero-order valence-corrected chi connectivity index (χ0v) is 53.7. The maximum atomic E-state index is 14.5. The van der Waals surface area contributed by atoms with Gasteiger partial charge in [0, 0.05) is 87.0 Å². The number of allylic oxidation sites excluding steroid dienone is 3. The van der Waals surface area contributed by atoms with Crippen LogP contribution in [-0.2, 0) is 60.6 Å². The number of Topliss-reactive ketones (excluding diaryl/α,β-unsaturated/α-hetero) is 2. The Bertz CT molecular complexity index is 3000. The number of esters is 1. The van der Waals surface area contributed by atoms with Crippen molar-refractivity contribution in [2.75, 3.05) is 48.1 Å². The molecule has 7 N–H and O–H groups in total. The third-order valence-corrected chi connectivity index (χ3v) is 18.4. The number of ketones is 2. The van der Waals surface area contributed by atoms with Crippen LogP contribution in [0.1, 0.15) is 116 Å². The maximum absolute atomic E-state index is 14.5. The molecule has 6 amide bonds. The Balaban J connectivity index is 1.20. The van der Waals surface area contributed by atoms with Crippen LogP contribution < -0.4 is 31.9 Å². The van der Waals surface area contributed by atoms with Crippen LogP contribution in [0.15, 0.2) is 66.4 Å². The molecule has 2 fully saturated rings. The average Bonchev–Trinajstić information content (AvgIpc) is 2.26. The fraction of sp³-hybridized carbons (Fsp3) is 0.565. The average molecular weight is 1330 g/mol. The molecule has 85 heavy (non-hydrogen) atoms. The predicted octanol–water partition coefficient (Wildman–Crippen LogP) is 8.83. The Labute approximate surface area is 519 Å². The Hall–Kier alpha value is -5.78. The smallest absolute Gasteiger partial charge is 0.412 e. The number of anilines is 2. The molecule has 0 spiro atoms. The molecule has 0 unspecified atom stereocenters. The van der Waals surface area contributed by atoms with Crippen molar-refractivity contribution in [3.8, 4) is 0 Å². The van der Waals surface area contributed by atoms with Crippen LogP contribution in [0.3, 0.4) is 0 Å². The van der Waals surface area contributed by atoms with Crippen molar-refractivity contribution >= 4 is 113 Å². The van der Waals surface area contributed by atoms with Gasteiger partial charge in [-0.25, -0.2) is 9.59 Å². The van der Waals surface area contributed by atoms with Gasteiger partial charge in [-0.1, -0.05) is 107 Å². The Morgan fingerprint density at radius 1 is 1.00 bits per heavy atom. The van der Waals surface area contributed by atoms with E-state index in [1.54, 1.807) is 50.4 Å². The van der Waals surface area contributed by atoms with Gasteiger partial charge in [-0.05, 0) is 99.7 Å². The fourth-order valence-corrected chi connectivity index (χ4v) is 13.1. The SMILES string of the molecule is CO[C@@H]1/C=C/C=C(\C)Cc2cc(C)c(Cl)c(c2)N(C)C(=O)C[C@H](OC(=O)Nc2ccc(CC(=O)[C@H](CCCNC(N)=O)NC(=O)[C@@H](CC(=O)CCCCCNC(=O)C(CBr)CBr)C(C)C)c3ncccc23)[C@]2(C)O[C@H]2[C@H](C)[C@@H]2C[C@@]1(O)CC(=O)O2. The highest BCUT2D eigenvalue weighted by atomic mass is 79.9. The normalized spacial score (nSPS) is 24.3. The predicted molar refractivity (Wildman–Crippen MR) is 332 cm³/mol. The second-order valence-corrected chi connectivity index (χ2v) is 24.9. The summed E-state index contributed by atoms with van der Waals surface area (Å²) >= 11 is 13.6. The summed E-state index contributed by atoms with van der Waals surface area (Å²) in [5, 5.41) is 25.1. The molecule has 2 aromatic carbocycles. The largest absolute Gasteiger partial charge is 0.462 e. The van der Waals surface area contributed by atoms with Crippen LogP contribution in [-0.4, -0.2) is 137 Å². The van der Waals surface area contributed by atoms with E-state index in [0.717, 1.165) is 16.7 Å². The highest BCUT2D eigenvalue weighted by Crippen LogP contribution is 2.50. The molecule has 0 aliphatic carbocycles. The summed E-state index contributed by atoms with van der Waals surface area (Å²) in [7, 11) is 3.06. The molecular formula is C62H82Br2ClN7O13. The van der Waals surface area contributed by atoms with Crippen LogP contribution >= 0.6 is 43.5 Å². The highest BCUT2D eigenvalue weighted by Gasteiger charge is 2.64. The fourth-order valence-electron chi connectivity index (χ4n) is 11.2. The number of benzene rings is 2. The summed E-state index contributed by atoms with van der Waals surface area (Å²) in [5.41, 5.74) is 6.52. The molecule has 0 saturated carbocycles. The summed E-state index contributed by atoms with van der Waals surface area (Å²) in [6, 6.07) is 8.62.